The van der Waals surface area contributed by atoms with Crippen molar-refractivity contribution in [2.45, 2.75) is 104 Å². The number of ketones is 1. The molecule has 0 atom stereocenters. The summed E-state index contributed by atoms with van der Waals surface area (Å²) in [5.41, 5.74) is 3.87. The van der Waals surface area contributed by atoms with Crippen molar-refractivity contribution in [2.24, 2.45) is 29.7 Å². The average Bonchev–Trinajstić information content (AvgIpc) is 3.82. The van der Waals surface area contributed by atoms with E-state index in [-0.39, 0.29) is 54.7 Å². The Morgan fingerprint density at radius 1 is 0.691 bits per heavy atom. The van der Waals surface area contributed by atoms with E-state index in [9.17, 15) is 31.2 Å². The van der Waals surface area contributed by atoms with Crippen molar-refractivity contribution in [3.05, 3.63) is 124 Å². The van der Waals surface area contributed by atoms with Crippen molar-refractivity contribution < 1.29 is 59.8 Å². The molecule has 0 unspecified atom stereocenters. The molecule has 0 radical (unpaired) electrons. The Kier molecular flexibility index (Phi) is 18.3. The maximum Gasteiger partial charge on any atom is 0.283 e. The Morgan fingerprint density at radius 3 is 1.63 bits per heavy atom. The molecule has 68 heavy (non-hydrogen) atoms. The van der Waals surface area contributed by atoms with Crippen molar-refractivity contribution in [3.63, 3.8) is 0 Å². The molecule has 1 aromatic heterocycles. The quantitative estimate of drug-likeness (QED) is 0.115. The molecule has 0 bridgehead atoms. The van der Waals surface area contributed by atoms with E-state index in [1.165, 1.54) is 47.1 Å². The minimum atomic E-state index is -3.71. The summed E-state index contributed by atoms with van der Waals surface area (Å²) in [6, 6.07) is 20.2. The van der Waals surface area contributed by atoms with Crippen LogP contribution in [-0.4, -0.2) is 75.0 Å². The molecule has 2 N–H and O–H groups in total. The molecule has 366 valence electrons. The number of nitrogens with one attached hydrogen (secondary N) is 2. The molecule has 5 heterocycles. The maximum absolute atomic E-state index is 12.9. The fraction of sp³-hybridized carbons (Fsp3) is 0.500. The Balaban J connectivity index is 0.000000190. The first-order chi connectivity index (χ1) is 32.0. The van der Waals surface area contributed by atoms with Crippen LogP contribution in [0.2, 0.25) is 5.15 Å². The minimum absolute atomic E-state index is 0. The van der Waals surface area contributed by atoms with Crippen LogP contribution in [0, 0.1) is 47.7 Å². The Morgan fingerprint density at radius 2 is 1.16 bits per heavy atom. The molecule has 6 aliphatic rings. The van der Waals surface area contributed by atoms with Crippen molar-refractivity contribution in [3.8, 4) is 11.2 Å². The van der Waals surface area contributed by atoms with Crippen LogP contribution in [0.15, 0.2) is 96.5 Å². The highest BCUT2D eigenvalue weighted by Gasteiger charge is 2.48. The largest absolute Gasteiger partial charge is 1.00 e. The summed E-state index contributed by atoms with van der Waals surface area (Å²) in [5.74, 6) is 2.82. The standard InChI is InChI=1S/C23H30N2O4S.C23H28N2O3S.C6H7ClN.HI/c1-17-7-5-6-10-19(17)21(26)16-30(28,29)25-13-11-23(12-14-25)15-20(24-22(23)27)18-8-3-2-4-9-18;1-18-7-5-6-8-19(18)11-16-29(27,28)25-14-12-23(13-15-25)17-21(24-22(23)26)20-9-3-2-4-10-20;1-8-5-3-2-4-6(8)7;/h5-7,10,15,18H,2-4,8-9,11-14,16H2,1H3,(H,24,27);5-8,17,20H,2-4,9-10,12-15H2,1H3,(H,24,26);2-5H,1H3;1H/q;;+1;/p-1. The molecule has 9 rings (SSSR count). The van der Waals surface area contributed by atoms with Gasteiger partial charge in [-0.05, 0) is 130 Å². The zero-order valence-corrected chi connectivity index (χ0v) is 44.0. The molecule has 2 aliphatic carbocycles. The molecule has 16 heteroatoms. The smallest absolute Gasteiger partial charge is 0.283 e. The summed E-state index contributed by atoms with van der Waals surface area (Å²) >= 11 is 5.67. The van der Waals surface area contributed by atoms with Gasteiger partial charge in [0.15, 0.2) is 12.0 Å². The number of pyridine rings is 1. The van der Waals surface area contributed by atoms with Gasteiger partial charge < -0.3 is 34.6 Å². The van der Waals surface area contributed by atoms with E-state index in [0.29, 0.717) is 56.2 Å². The lowest BCUT2D eigenvalue weighted by atomic mass is 9.78. The van der Waals surface area contributed by atoms with Gasteiger partial charge >= 0.3 is 0 Å². The van der Waals surface area contributed by atoms with Gasteiger partial charge in [0.2, 0.25) is 21.8 Å². The minimum Gasteiger partial charge on any atom is -1.00 e. The number of nitrogens with zero attached hydrogens (tertiary/aromatic N) is 3. The van der Waals surface area contributed by atoms with Gasteiger partial charge in [-0.3, -0.25) is 14.4 Å². The Hall–Kier alpha value is -3.92. The second-order valence-corrected chi connectivity index (χ2v) is 23.1. The second kappa shape index (κ2) is 23.3. The van der Waals surface area contributed by atoms with Crippen LogP contribution < -0.4 is 39.2 Å². The molecule has 4 fully saturated rings. The number of sulfonamides is 2. The normalized spacial score (nSPS) is 20.8. The molecule has 12 nitrogen and oxygen atoms in total. The lowest BCUT2D eigenvalue weighted by molar-refractivity contribution is -0.669. The number of carbonyl (C=O) groups excluding carboxylic acids is 3. The summed E-state index contributed by atoms with van der Waals surface area (Å²) in [6.45, 7) is 4.91. The highest BCUT2D eigenvalue weighted by atomic mass is 127. The zero-order valence-electron chi connectivity index (χ0n) is 39.4. The first-order valence-corrected chi connectivity index (χ1v) is 27.3. The van der Waals surface area contributed by atoms with E-state index in [1.807, 2.05) is 73.3 Å². The Bertz CT molecular complexity index is 2650. The maximum atomic E-state index is 12.9. The summed E-state index contributed by atoms with van der Waals surface area (Å²) in [5, 5.41) is 9.44. The SMILES string of the molecule is C[n+]1ccccc1Cl.Cc1ccccc1C#CS(=O)(=O)N1CCC2(C=C(C3CCCCC3)NC2=O)CC1.Cc1ccccc1C(=O)CS(=O)(=O)N1CCC2(C=C(C3CCCCC3)NC2=O)CC1.[I-]. The second-order valence-electron chi connectivity index (χ2n) is 19.1. The van der Waals surface area contributed by atoms with Crippen LogP contribution in [0.4, 0.5) is 0 Å². The molecule has 2 saturated heterocycles. The molecule has 2 aromatic carbocycles. The summed E-state index contributed by atoms with van der Waals surface area (Å²) in [7, 11) is -5.48. The first-order valence-electron chi connectivity index (χ1n) is 23.8. The predicted molar refractivity (Wildman–Crippen MR) is 261 cm³/mol. The number of aromatic nitrogens is 1. The van der Waals surface area contributed by atoms with E-state index in [4.69, 9.17) is 11.6 Å². The van der Waals surface area contributed by atoms with Gasteiger partial charge in [0, 0.05) is 66.1 Å². The van der Waals surface area contributed by atoms with Gasteiger partial charge in [-0.15, -0.1) is 0 Å². The van der Waals surface area contributed by atoms with E-state index < -0.39 is 36.6 Å². The number of carbonyl (C=O) groups is 3. The van der Waals surface area contributed by atoms with Crippen molar-refractivity contribution in [1.29, 1.82) is 0 Å². The average molecular weight is 1100 g/mol. The third-order valence-electron chi connectivity index (χ3n) is 14.5. The molecule has 2 spiro atoms. The number of allylic oxidation sites excluding steroid dienone is 2. The highest BCUT2D eigenvalue weighted by molar-refractivity contribution is 7.93. The van der Waals surface area contributed by atoms with Gasteiger partial charge in [0.25, 0.3) is 15.2 Å². The first kappa shape index (κ1) is 53.4. The fourth-order valence-corrected chi connectivity index (χ4v) is 12.8. The van der Waals surface area contributed by atoms with Gasteiger partial charge in [-0.2, -0.15) is 17.3 Å². The fourth-order valence-electron chi connectivity index (χ4n) is 10.2. The molecule has 3 aromatic rings. The van der Waals surface area contributed by atoms with Crippen LogP contribution in [0.3, 0.4) is 0 Å². The number of hydrogen-bond acceptors (Lipinski definition) is 7. The van der Waals surface area contributed by atoms with E-state index in [1.54, 1.807) is 25.1 Å². The molecular formula is C52H65ClIN5O7S2. The van der Waals surface area contributed by atoms with Crippen LogP contribution in [0.5, 0.6) is 0 Å². The zero-order chi connectivity index (χ0) is 47.8. The van der Waals surface area contributed by atoms with Gasteiger partial charge in [0.05, 0.1) is 10.8 Å². The Labute approximate surface area is 425 Å². The number of piperidine rings is 2. The summed E-state index contributed by atoms with van der Waals surface area (Å²) in [6.07, 6.45) is 20.0. The topological polar surface area (TPSA) is 154 Å². The summed E-state index contributed by atoms with van der Waals surface area (Å²) in [4.78, 5) is 38.1. The molecule has 4 aliphatic heterocycles. The monoisotopic (exact) mass is 1100 g/mol. The predicted octanol–water partition coefficient (Wildman–Crippen LogP) is 4.66. The van der Waals surface area contributed by atoms with Gasteiger partial charge in [0.1, 0.15) is 12.8 Å². The number of halogens is 2. The number of benzene rings is 2. The number of rotatable bonds is 7. The molecule has 2 saturated carbocycles. The summed E-state index contributed by atoms with van der Waals surface area (Å²) < 4.78 is 55.8. The van der Waals surface area contributed by atoms with Crippen molar-refractivity contribution in [1.82, 2.24) is 19.2 Å². The van der Waals surface area contributed by atoms with Gasteiger partial charge in [-0.1, -0.05) is 81.0 Å². The van der Waals surface area contributed by atoms with Crippen LogP contribution in [0.1, 0.15) is 117 Å². The van der Waals surface area contributed by atoms with Gasteiger partial charge in [-0.25, -0.2) is 12.7 Å². The van der Waals surface area contributed by atoms with Crippen LogP contribution in [-0.2, 0) is 36.7 Å². The van der Waals surface area contributed by atoms with Crippen molar-refractivity contribution >= 4 is 49.2 Å². The number of hydrogen-bond donors (Lipinski definition) is 2. The van der Waals surface area contributed by atoms with E-state index >= 15 is 0 Å². The number of amides is 2. The molecule has 2 amide bonds. The third kappa shape index (κ3) is 12.9. The van der Waals surface area contributed by atoms with Crippen molar-refractivity contribution in [2.75, 3.05) is 31.9 Å². The van der Waals surface area contributed by atoms with E-state index in [2.05, 4.69) is 34.0 Å². The third-order valence-corrected chi connectivity index (χ3v) is 18.1. The lowest BCUT2D eigenvalue weighted by Gasteiger charge is -2.35. The lowest BCUT2D eigenvalue weighted by Crippen LogP contribution is -3.00. The highest BCUT2D eigenvalue weighted by Crippen LogP contribution is 2.44. The number of Topliss-reactive ketones (excluding diaryl/α,β-unsaturated/α-hetero) is 1. The molecular weight excluding hydrogens is 1030 g/mol. The van der Waals surface area contributed by atoms with Crippen LogP contribution >= 0.6 is 11.6 Å². The number of aryl methyl sites for hydroxylation is 3. The van der Waals surface area contributed by atoms with E-state index in [0.717, 1.165) is 58.9 Å². The van der Waals surface area contributed by atoms with Crippen LogP contribution in [0.25, 0.3) is 0 Å².